The Kier molecular flexibility index (Phi) is 7.08. The number of hydrogen-bond acceptors (Lipinski definition) is 5. The number of benzene rings is 2. The van der Waals surface area contributed by atoms with Crippen LogP contribution in [-0.2, 0) is 4.74 Å². The number of amides is 2. The van der Waals surface area contributed by atoms with E-state index in [9.17, 15) is 9.59 Å². The number of aryl methyl sites for hydroxylation is 1. The van der Waals surface area contributed by atoms with E-state index >= 15 is 0 Å². The summed E-state index contributed by atoms with van der Waals surface area (Å²) in [6, 6.07) is 15.7. The van der Waals surface area contributed by atoms with Gasteiger partial charge in [0.2, 0.25) is 0 Å². The monoisotopic (exact) mass is 483 g/mol. The molecule has 7 nitrogen and oxygen atoms in total. The number of furan rings is 1. The Morgan fingerprint density at radius 3 is 2.45 bits per heavy atom. The van der Waals surface area contributed by atoms with Crippen molar-refractivity contribution >= 4 is 46.4 Å². The van der Waals surface area contributed by atoms with Gasteiger partial charge in [-0.15, -0.1) is 0 Å². The lowest BCUT2D eigenvalue weighted by atomic mass is 10.1. The summed E-state index contributed by atoms with van der Waals surface area (Å²) in [5, 5.41) is 6.27. The average molecular weight is 484 g/mol. The molecule has 0 unspecified atom stereocenters. The minimum atomic E-state index is -0.476. The third kappa shape index (κ3) is 5.60. The number of anilines is 1. The van der Waals surface area contributed by atoms with Gasteiger partial charge >= 0.3 is 0 Å². The van der Waals surface area contributed by atoms with Crippen LogP contribution in [0.15, 0.2) is 59.0 Å². The van der Waals surface area contributed by atoms with Crippen molar-refractivity contribution in [3.8, 4) is 11.3 Å². The fourth-order valence-corrected chi connectivity index (χ4v) is 3.72. The van der Waals surface area contributed by atoms with E-state index in [1.807, 2.05) is 19.1 Å². The maximum absolute atomic E-state index is 12.5. The zero-order valence-electron chi connectivity index (χ0n) is 17.9. The largest absolute Gasteiger partial charge is 0.451 e. The van der Waals surface area contributed by atoms with Crippen LogP contribution in [0, 0.1) is 6.92 Å². The molecule has 170 valence electrons. The molecule has 4 rings (SSSR count). The molecule has 33 heavy (non-hydrogen) atoms. The van der Waals surface area contributed by atoms with Gasteiger partial charge in [0, 0.05) is 34.9 Å². The van der Waals surface area contributed by atoms with Gasteiger partial charge in [0.15, 0.2) is 10.9 Å². The van der Waals surface area contributed by atoms with Crippen molar-refractivity contribution in [3.05, 3.63) is 76.5 Å². The molecule has 2 amide bonds. The van der Waals surface area contributed by atoms with Gasteiger partial charge in [-0.1, -0.05) is 23.7 Å². The molecule has 0 saturated carbocycles. The molecule has 0 bridgehead atoms. The summed E-state index contributed by atoms with van der Waals surface area (Å²) < 4.78 is 10.9. The lowest BCUT2D eigenvalue weighted by Crippen LogP contribution is -2.40. The molecule has 9 heteroatoms. The van der Waals surface area contributed by atoms with Crippen LogP contribution >= 0.6 is 23.8 Å². The van der Waals surface area contributed by atoms with Crippen LogP contribution in [-0.4, -0.2) is 48.1 Å². The van der Waals surface area contributed by atoms with Crippen LogP contribution in [0.3, 0.4) is 0 Å². The highest BCUT2D eigenvalue weighted by Gasteiger charge is 2.18. The van der Waals surface area contributed by atoms with E-state index in [4.69, 9.17) is 33.0 Å². The van der Waals surface area contributed by atoms with E-state index in [1.54, 1.807) is 47.4 Å². The number of morpholine rings is 1. The molecule has 2 aromatic carbocycles. The average Bonchev–Trinajstić information content (AvgIpc) is 3.32. The molecule has 1 fully saturated rings. The molecular weight excluding hydrogens is 462 g/mol. The van der Waals surface area contributed by atoms with Crippen molar-refractivity contribution in [2.45, 2.75) is 6.92 Å². The van der Waals surface area contributed by atoms with Gasteiger partial charge in [0.25, 0.3) is 11.8 Å². The number of ether oxygens (including phenoxy) is 1. The number of carbonyl (C=O) groups is 2. The Morgan fingerprint density at radius 1 is 1.03 bits per heavy atom. The van der Waals surface area contributed by atoms with Crippen molar-refractivity contribution in [3.63, 3.8) is 0 Å². The Balaban J connectivity index is 1.34. The Morgan fingerprint density at radius 2 is 1.76 bits per heavy atom. The summed E-state index contributed by atoms with van der Waals surface area (Å²) >= 11 is 11.4. The first-order valence-electron chi connectivity index (χ1n) is 10.4. The summed E-state index contributed by atoms with van der Waals surface area (Å²) in [5.74, 6) is 0.138. The zero-order valence-corrected chi connectivity index (χ0v) is 19.5. The molecule has 1 saturated heterocycles. The van der Waals surface area contributed by atoms with E-state index in [-0.39, 0.29) is 16.8 Å². The maximum atomic E-state index is 12.5. The molecule has 0 aliphatic carbocycles. The van der Waals surface area contributed by atoms with Crippen molar-refractivity contribution in [2.75, 3.05) is 31.6 Å². The van der Waals surface area contributed by atoms with Crippen molar-refractivity contribution in [2.24, 2.45) is 0 Å². The second-order valence-corrected chi connectivity index (χ2v) is 8.33. The molecule has 1 aromatic heterocycles. The molecule has 3 aromatic rings. The molecule has 2 N–H and O–H groups in total. The Labute approximate surface area is 201 Å². The first kappa shape index (κ1) is 23.0. The summed E-state index contributed by atoms with van der Waals surface area (Å²) in [6.07, 6.45) is 0. The first-order valence-corrected chi connectivity index (χ1v) is 11.1. The van der Waals surface area contributed by atoms with Crippen molar-refractivity contribution in [1.29, 1.82) is 0 Å². The van der Waals surface area contributed by atoms with E-state index in [1.165, 1.54) is 0 Å². The normalized spacial score (nSPS) is 13.5. The predicted octanol–water partition coefficient (Wildman–Crippen LogP) is 4.51. The Hall–Kier alpha value is -3.20. The molecular formula is C24H22ClN3O4S. The minimum Gasteiger partial charge on any atom is -0.451 e. The van der Waals surface area contributed by atoms with Crippen LogP contribution in [0.25, 0.3) is 11.3 Å². The van der Waals surface area contributed by atoms with Crippen LogP contribution in [0.4, 0.5) is 5.69 Å². The van der Waals surface area contributed by atoms with Gasteiger partial charge in [0.1, 0.15) is 5.76 Å². The van der Waals surface area contributed by atoms with Crippen molar-refractivity contribution < 1.29 is 18.7 Å². The van der Waals surface area contributed by atoms with Crippen LogP contribution in [0.1, 0.15) is 26.5 Å². The number of rotatable bonds is 4. The Bertz CT molecular complexity index is 1190. The maximum Gasteiger partial charge on any atom is 0.293 e. The van der Waals surface area contributed by atoms with Crippen molar-refractivity contribution in [1.82, 2.24) is 10.2 Å². The predicted molar refractivity (Wildman–Crippen MR) is 131 cm³/mol. The summed E-state index contributed by atoms with van der Waals surface area (Å²) in [4.78, 5) is 26.8. The molecule has 2 heterocycles. The number of hydrogen-bond donors (Lipinski definition) is 2. The fraction of sp³-hybridized carbons (Fsp3) is 0.208. The summed E-state index contributed by atoms with van der Waals surface area (Å²) in [6.45, 7) is 4.18. The molecule has 0 radical (unpaired) electrons. The van der Waals surface area contributed by atoms with Crippen LogP contribution < -0.4 is 10.6 Å². The third-order valence-electron chi connectivity index (χ3n) is 5.20. The van der Waals surface area contributed by atoms with Gasteiger partial charge in [0.05, 0.1) is 13.2 Å². The van der Waals surface area contributed by atoms with Gasteiger partial charge < -0.3 is 19.4 Å². The topological polar surface area (TPSA) is 83.8 Å². The number of nitrogens with one attached hydrogen (secondary N) is 2. The minimum absolute atomic E-state index is 0.0378. The quantitative estimate of drug-likeness (QED) is 0.531. The second kappa shape index (κ2) is 10.2. The molecule has 0 atom stereocenters. The highest BCUT2D eigenvalue weighted by atomic mass is 35.5. The number of carbonyl (C=O) groups excluding carboxylic acids is 2. The fourth-order valence-electron chi connectivity index (χ4n) is 3.33. The first-order chi connectivity index (χ1) is 15.9. The number of halogens is 1. The summed E-state index contributed by atoms with van der Waals surface area (Å²) in [7, 11) is 0. The van der Waals surface area contributed by atoms with Gasteiger partial charge in [-0.3, -0.25) is 14.9 Å². The van der Waals surface area contributed by atoms with Crippen LogP contribution in [0.5, 0.6) is 0 Å². The smallest absolute Gasteiger partial charge is 0.293 e. The molecule has 1 aliphatic rings. The van der Waals surface area contributed by atoms with E-state index in [0.717, 1.165) is 11.1 Å². The standard InChI is InChI=1S/C24H22ClN3O4S/c1-15-2-3-17(14-19(15)25)20-8-9-21(32-20)22(29)27-24(33)26-18-6-4-16(5-7-18)23(30)28-10-12-31-13-11-28/h2-9,14H,10-13H2,1H3,(H2,26,27,29,33). The number of nitrogens with zero attached hydrogens (tertiary/aromatic N) is 1. The zero-order chi connectivity index (χ0) is 23.4. The van der Waals surface area contributed by atoms with Gasteiger partial charge in [-0.05, 0) is 67.2 Å². The van der Waals surface area contributed by atoms with E-state index < -0.39 is 5.91 Å². The van der Waals surface area contributed by atoms with Gasteiger partial charge in [-0.25, -0.2) is 0 Å². The highest BCUT2D eigenvalue weighted by Crippen LogP contribution is 2.27. The van der Waals surface area contributed by atoms with Crippen LogP contribution in [0.2, 0.25) is 5.02 Å². The van der Waals surface area contributed by atoms with E-state index in [2.05, 4.69) is 10.6 Å². The molecule has 0 spiro atoms. The van der Waals surface area contributed by atoms with Gasteiger partial charge in [-0.2, -0.15) is 0 Å². The lowest BCUT2D eigenvalue weighted by Gasteiger charge is -2.26. The highest BCUT2D eigenvalue weighted by molar-refractivity contribution is 7.80. The number of thiocarbonyl (C=S) groups is 1. The second-order valence-electron chi connectivity index (χ2n) is 7.52. The third-order valence-corrected chi connectivity index (χ3v) is 5.81. The van der Waals surface area contributed by atoms with E-state index in [0.29, 0.717) is 48.3 Å². The SMILES string of the molecule is Cc1ccc(-c2ccc(C(=O)NC(=S)Nc3ccc(C(=O)N4CCOCC4)cc3)o2)cc1Cl. The molecule has 1 aliphatic heterocycles. The summed E-state index contributed by atoms with van der Waals surface area (Å²) in [5.41, 5.74) is 2.96. The lowest BCUT2D eigenvalue weighted by molar-refractivity contribution is 0.0303.